The molecule has 1 amide bonds. The molecule has 0 spiro atoms. The van der Waals surface area contributed by atoms with Crippen LogP contribution in [0.3, 0.4) is 0 Å². The molecule has 0 aromatic heterocycles. The van der Waals surface area contributed by atoms with Gasteiger partial charge in [-0.25, -0.2) is 0 Å². The Balaban J connectivity index is 1.84. The predicted octanol–water partition coefficient (Wildman–Crippen LogP) is 2.55. The quantitative estimate of drug-likeness (QED) is 0.850. The molecule has 1 aromatic carbocycles. The number of carboxylic acid groups (broad SMARTS) is 1. The zero-order valence-corrected chi connectivity index (χ0v) is 11.9. The van der Waals surface area contributed by atoms with Crippen molar-refractivity contribution in [3.63, 3.8) is 0 Å². The van der Waals surface area contributed by atoms with Crippen molar-refractivity contribution in [2.45, 2.75) is 31.7 Å². The van der Waals surface area contributed by atoms with Gasteiger partial charge in [0.05, 0.1) is 5.92 Å². The van der Waals surface area contributed by atoms with Crippen LogP contribution in [0.1, 0.15) is 36.3 Å². The summed E-state index contributed by atoms with van der Waals surface area (Å²) in [6, 6.07) is 7.54. The summed E-state index contributed by atoms with van der Waals surface area (Å²) in [6.45, 7) is 0.810. The van der Waals surface area contributed by atoms with Crippen LogP contribution in [0.5, 0.6) is 0 Å². The normalized spacial score (nSPS) is 24.5. The van der Waals surface area contributed by atoms with E-state index in [0.29, 0.717) is 6.54 Å². The monoisotopic (exact) mass is 285 g/mol. The molecule has 4 heteroatoms. The third-order valence-corrected chi connectivity index (χ3v) is 4.42. The first kappa shape index (κ1) is 13.9. The van der Waals surface area contributed by atoms with Crippen molar-refractivity contribution in [2.24, 2.45) is 5.92 Å². The Bertz CT molecular complexity index is 593. The van der Waals surface area contributed by atoms with E-state index in [-0.39, 0.29) is 18.4 Å². The minimum absolute atomic E-state index is 0.00899. The van der Waals surface area contributed by atoms with E-state index >= 15 is 0 Å². The first-order valence-corrected chi connectivity index (χ1v) is 7.41. The second-order valence-corrected chi connectivity index (χ2v) is 5.79. The number of carbonyl (C=O) groups is 2. The fourth-order valence-electron chi connectivity index (χ4n) is 3.26. The van der Waals surface area contributed by atoms with Gasteiger partial charge in [-0.1, -0.05) is 36.4 Å². The Kier molecular flexibility index (Phi) is 3.78. The van der Waals surface area contributed by atoms with Crippen LogP contribution in [0.15, 0.2) is 36.4 Å². The molecule has 1 aliphatic heterocycles. The third kappa shape index (κ3) is 2.71. The number of carboxylic acids is 1. The van der Waals surface area contributed by atoms with Crippen LogP contribution in [-0.2, 0) is 16.1 Å². The number of fused-ring (bicyclic) bond motifs is 1. The zero-order chi connectivity index (χ0) is 14.8. The summed E-state index contributed by atoms with van der Waals surface area (Å²) in [5, 5.41) is 9.45. The first-order valence-electron chi connectivity index (χ1n) is 7.41. The molecule has 1 heterocycles. The van der Waals surface area contributed by atoms with Crippen molar-refractivity contribution in [1.82, 2.24) is 4.90 Å². The Labute approximate surface area is 124 Å². The van der Waals surface area contributed by atoms with Gasteiger partial charge in [0.1, 0.15) is 0 Å². The molecule has 0 radical (unpaired) electrons. The van der Waals surface area contributed by atoms with Crippen LogP contribution < -0.4 is 0 Å². The number of rotatable bonds is 2. The van der Waals surface area contributed by atoms with Crippen LogP contribution in [0.2, 0.25) is 0 Å². The molecule has 1 N–H and O–H groups in total. The summed E-state index contributed by atoms with van der Waals surface area (Å²) in [4.78, 5) is 25.9. The lowest BCUT2D eigenvalue weighted by molar-refractivity contribution is -0.142. The van der Waals surface area contributed by atoms with Gasteiger partial charge in [0.15, 0.2) is 0 Å². The van der Waals surface area contributed by atoms with Gasteiger partial charge in [-0.05, 0) is 30.4 Å². The van der Waals surface area contributed by atoms with E-state index in [1.807, 2.05) is 24.3 Å². The van der Waals surface area contributed by atoms with Crippen molar-refractivity contribution < 1.29 is 14.7 Å². The number of amides is 1. The third-order valence-electron chi connectivity index (χ3n) is 4.42. The van der Waals surface area contributed by atoms with Crippen LogP contribution in [0, 0.1) is 5.92 Å². The zero-order valence-electron chi connectivity index (χ0n) is 11.9. The SMILES string of the molecule is O=C(O)C1CN(C(=O)C2CC=CCC2)Cc2ccccc21. The van der Waals surface area contributed by atoms with Crippen LogP contribution in [0.4, 0.5) is 0 Å². The number of hydrogen-bond acceptors (Lipinski definition) is 2. The number of hydrogen-bond donors (Lipinski definition) is 1. The summed E-state index contributed by atoms with van der Waals surface area (Å²) >= 11 is 0. The van der Waals surface area contributed by atoms with Crippen LogP contribution >= 0.6 is 0 Å². The molecule has 2 aliphatic rings. The highest BCUT2D eigenvalue weighted by molar-refractivity contribution is 5.83. The Hall–Kier alpha value is -2.10. The largest absolute Gasteiger partial charge is 0.481 e. The molecule has 1 aliphatic carbocycles. The number of aliphatic carboxylic acids is 1. The van der Waals surface area contributed by atoms with E-state index in [1.165, 1.54) is 0 Å². The minimum Gasteiger partial charge on any atom is -0.481 e. The molecule has 0 fully saturated rings. The van der Waals surface area contributed by atoms with Gasteiger partial charge >= 0.3 is 5.97 Å². The molecule has 0 bridgehead atoms. The fourth-order valence-corrected chi connectivity index (χ4v) is 3.26. The summed E-state index contributed by atoms with van der Waals surface area (Å²) in [5.41, 5.74) is 1.80. The average Bonchev–Trinajstić information content (AvgIpc) is 2.53. The molecular formula is C17H19NO3. The van der Waals surface area contributed by atoms with Gasteiger partial charge in [-0.2, -0.15) is 0 Å². The lowest BCUT2D eigenvalue weighted by atomic mass is 9.87. The number of carbonyl (C=O) groups excluding carboxylic acids is 1. The van der Waals surface area contributed by atoms with E-state index in [2.05, 4.69) is 12.2 Å². The molecule has 3 rings (SSSR count). The highest BCUT2D eigenvalue weighted by Crippen LogP contribution is 2.31. The maximum Gasteiger partial charge on any atom is 0.312 e. The van der Waals surface area contributed by atoms with E-state index in [0.717, 1.165) is 30.4 Å². The topological polar surface area (TPSA) is 57.6 Å². The van der Waals surface area contributed by atoms with Crippen molar-refractivity contribution >= 4 is 11.9 Å². The minimum atomic E-state index is -0.858. The Morgan fingerprint density at radius 1 is 1.19 bits per heavy atom. The van der Waals surface area contributed by atoms with E-state index < -0.39 is 11.9 Å². The Morgan fingerprint density at radius 3 is 2.71 bits per heavy atom. The predicted molar refractivity (Wildman–Crippen MR) is 78.7 cm³/mol. The molecular weight excluding hydrogens is 266 g/mol. The lowest BCUT2D eigenvalue weighted by Gasteiger charge is -2.35. The highest BCUT2D eigenvalue weighted by atomic mass is 16.4. The van der Waals surface area contributed by atoms with Crippen LogP contribution in [-0.4, -0.2) is 28.4 Å². The number of nitrogens with zero attached hydrogens (tertiary/aromatic N) is 1. The van der Waals surface area contributed by atoms with Crippen molar-refractivity contribution in [1.29, 1.82) is 0 Å². The maximum absolute atomic E-state index is 12.6. The number of benzene rings is 1. The van der Waals surface area contributed by atoms with Crippen LogP contribution in [0.25, 0.3) is 0 Å². The lowest BCUT2D eigenvalue weighted by Crippen LogP contribution is -2.43. The molecule has 0 saturated carbocycles. The van der Waals surface area contributed by atoms with Gasteiger partial charge in [-0.15, -0.1) is 0 Å². The number of allylic oxidation sites excluding steroid dienone is 2. The first-order chi connectivity index (χ1) is 10.2. The van der Waals surface area contributed by atoms with E-state index in [1.54, 1.807) is 4.90 Å². The van der Waals surface area contributed by atoms with Crippen molar-refractivity contribution in [2.75, 3.05) is 6.54 Å². The molecule has 2 unspecified atom stereocenters. The summed E-state index contributed by atoms with van der Waals surface area (Å²) in [7, 11) is 0. The van der Waals surface area contributed by atoms with Gasteiger partial charge in [0, 0.05) is 19.0 Å². The van der Waals surface area contributed by atoms with Gasteiger partial charge in [-0.3, -0.25) is 9.59 Å². The highest BCUT2D eigenvalue weighted by Gasteiger charge is 2.34. The van der Waals surface area contributed by atoms with Crippen molar-refractivity contribution in [3.8, 4) is 0 Å². The smallest absolute Gasteiger partial charge is 0.312 e. The molecule has 2 atom stereocenters. The van der Waals surface area contributed by atoms with Gasteiger partial charge in [0.2, 0.25) is 5.91 Å². The van der Waals surface area contributed by atoms with E-state index in [9.17, 15) is 14.7 Å². The summed E-state index contributed by atoms with van der Waals surface area (Å²) < 4.78 is 0. The molecule has 4 nitrogen and oxygen atoms in total. The molecule has 110 valence electrons. The standard InChI is InChI=1S/C17H19NO3/c19-16(12-6-2-1-3-7-12)18-10-13-8-4-5-9-14(13)15(11-18)17(20)21/h1-2,4-5,8-9,12,15H,3,6-7,10-11H2,(H,20,21). The summed E-state index contributed by atoms with van der Waals surface area (Å²) in [6.07, 6.45) is 6.73. The maximum atomic E-state index is 12.6. The molecule has 1 aromatic rings. The fraction of sp³-hybridized carbons (Fsp3) is 0.412. The second-order valence-electron chi connectivity index (χ2n) is 5.79. The Morgan fingerprint density at radius 2 is 2.00 bits per heavy atom. The van der Waals surface area contributed by atoms with Crippen molar-refractivity contribution in [3.05, 3.63) is 47.5 Å². The molecule has 21 heavy (non-hydrogen) atoms. The molecule has 0 saturated heterocycles. The second kappa shape index (κ2) is 5.72. The van der Waals surface area contributed by atoms with Gasteiger partial charge in [0.25, 0.3) is 0 Å². The average molecular weight is 285 g/mol. The summed E-state index contributed by atoms with van der Waals surface area (Å²) in [5.74, 6) is -1.36. The van der Waals surface area contributed by atoms with Gasteiger partial charge < -0.3 is 10.0 Å². The van der Waals surface area contributed by atoms with E-state index in [4.69, 9.17) is 0 Å².